The van der Waals surface area contributed by atoms with Crippen molar-refractivity contribution >= 4 is 27.8 Å². The number of aryl methyl sites for hydroxylation is 1. The van der Waals surface area contributed by atoms with Crippen molar-refractivity contribution in [3.8, 4) is 0 Å². The molecule has 0 unspecified atom stereocenters. The molecule has 0 aliphatic heterocycles. The first-order valence-electron chi connectivity index (χ1n) is 5.60. The minimum Gasteiger partial charge on any atom is -0.199 e. The topological polar surface area (TPSA) is 46.5 Å². The zero-order valence-corrected chi connectivity index (χ0v) is 11.8. The van der Waals surface area contributed by atoms with Crippen LogP contribution in [0.5, 0.6) is 0 Å². The van der Waals surface area contributed by atoms with Gasteiger partial charge in [0.25, 0.3) is 10.0 Å². The third-order valence-corrected chi connectivity index (χ3v) is 4.15. The van der Waals surface area contributed by atoms with Crippen molar-refractivity contribution in [1.29, 1.82) is 0 Å². The summed E-state index contributed by atoms with van der Waals surface area (Å²) in [4.78, 5) is 0.168. The van der Waals surface area contributed by atoms with Crippen LogP contribution in [0.1, 0.15) is 11.1 Å². The van der Waals surface area contributed by atoms with Gasteiger partial charge in [-0.2, -0.15) is 12.8 Å². The summed E-state index contributed by atoms with van der Waals surface area (Å²) in [7, 11) is -3.68. The van der Waals surface area contributed by atoms with Crippen molar-refractivity contribution in [2.75, 3.05) is 0 Å². The molecular formula is C14H12ClNO2S. The Morgan fingerprint density at radius 3 is 2.32 bits per heavy atom. The lowest BCUT2D eigenvalue weighted by atomic mass is 10.2. The van der Waals surface area contributed by atoms with Crippen molar-refractivity contribution in [3.63, 3.8) is 0 Å². The fraction of sp³-hybridized carbons (Fsp3) is 0.0714. The highest BCUT2D eigenvalue weighted by Gasteiger charge is 2.11. The standard InChI is InChI=1S/C14H12ClNO2S/c1-11-6-8-13(9-7-11)19(17,18)16-10-12-4-2-3-5-14(12)15/h2-10H,1H3/b16-10+. The predicted molar refractivity (Wildman–Crippen MR) is 77.4 cm³/mol. The summed E-state index contributed by atoms with van der Waals surface area (Å²) in [5, 5.41) is 0.463. The van der Waals surface area contributed by atoms with Gasteiger partial charge in [-0.25, -0.2) is 0 Å². The van der Waals surface area contributed by atoms with E-state index in [1.807, 2.05) is 6.92 Å². The molecule has 0 bridgehead atoms. The third-order valence-electron chi connectivity index (χ3n) is 2.55. The molecule has 5 heteroatoms. The molecule has 0 N–H and O–H groups in total. The molecule has 0 amide bonds. The van der Waals surface area contributed by atoms with E-state index in [0.29, 0.717) is 10.6 Å². The highest BCUT2D eigenvalue weighted by molar-refractivity contribution is 7.90. The number of benzene rings is 2. The first kappa shape index (κ1) is 13.8. The number of hydrogen-bond acceptors (Lipinski definition) is 2. The monoisotopic (exact) mass is 293 g/mol. The largest absolute Gasteiger partial charge is 0.282 e. The molecular weight excluding hydrogens is 282 g/mol. The van der Waals surface area contributed by atoms with Gasteiger partial charge in [-0.05, 0) is 25.1 Å². The molecule has 3 nitrogen and oxygen atoms in total. The number of nitrogens with zero attached hydrogens (tertiary/aromatic N) is 1. The van der Waals surface area contributed by atoms with E-state index in [-0.39, 0.29) is 4.90 Å². The third kappa shape index (κ3) is 3.43. The van der Waals surface area contributed by atoms with E-state index in [2.05, 4.69) is 4.40 Å². The Kier molecular flexibility index (Phi) is 4.02. The van der Waals surface area contributed by atoms with E-state index in [1.54, 1.807) is 36.4 Å². The van der Waals surface area contributed by atoms with Crippen LogP contribution >= 0.6 is 11.6 Å². The van der Waals surface area contributed by atoms with Gasteiger partial charge in [0.2, 0.25) is 0 Å². The number of hydrogen-bond donors (Lipinski definition) is 0. The van der Waals surface area contributed by atoms with E-state index in [9.17, 15) is 8.42 Å². The summed E-state index contributed by atoms with van der Waals surface area (Å²) in [5.74, 6) is 0. The minimum absolute atomic E-state index is 0.168. The second kappa shape index (κ2) is 5.55. The van der Waals surface area contributed by atoms with Crippen LogP contribution < -0.4 is 0 Å². The van der Waals surface area contributed by atoms with Crippen LogP contribution in [-0.2, 0) is 10.0 Å². The Hall–Kier alpha value is -1.65. The number of rotatable bonds is 3. The quantitative estimate of drug-likeness (QED) is 0.814. The second-order valence-corrected chi connectivity index (χ2v) is 6.08. The maximum absolute atomic E-state index is 12.0. The fourth-order valence-corrected chi connectivity index (χ4v) is 2.52. The Morgan fingerprint density at radius 1 is 1.05 bits per heavy atom. The van der Waals surface area contributed by atoms with Gasteiger partial charge in [0.15, 0.2) is 0 Å². The molecule has 2 aromatic rings. The van der Waals surface area contributed by atoms with E-state index in [4.69, 9.17) is 11.6 Å². The molecule has 0 saturated heterocycles. The Bertz CT molecular complexity index is 706. The highest BCUT2D eigenvalue weighted by atomic mass is 35.5. The first-order chi connectivity index (χ1) is 8.99. The average Bonchev–Trinajstić information content (AvgIpc) is 2.38. The lowest BCUT2D eigenvalue weighted by Gasteiger charge is -2.00. The first-order valence-corrected chi connectivity index (χ1v) is 7.42. The Balaban J connectivity index is 2.32. The van der Waals surface area contributed by atoms with Crippen molar-refractivity contribution in [2.45, 2.75) is 11.8 Å². The number of sulfonamides is 1. The molecule has 0 aromatic heterocycles. The fourth-order valence-electron chi connectivity index (χ4n) is 1.48. The molecule has 2 rings (SSSR count). The zero-order valence-electron chi connectivity index (χ0n) is 10.2. The predicted octanol–water partition coefficient (Wildman–Crippen LogP) is 3.46. The SMILES string of the molecule is Cc1ccc(S(=O)(=O)/N=C/c2ccccc2Cl)cc1. The summed E-state index contributed by atoms with van der Waals surface area (Å²) in [6, 6.07) is 13.5. The molecule has 98 valence electrons. The minimum atomic E-state index is -3.68. The number of halogens is 1. The van der Waals surface area contributed by atoms with Crippen molar-refractivity contribution in [3.05, 3.63) is 64.7 Å². The Morgan fingerprint density at radius 2 is 1.68 bits per heavy atom. The lowest BCUT2D eigenvalue weighted by molar-refractivity contribution is 0.598. The highest BCUT2D eigenvalue weighted by Crippen LogP contribution is 2.16. The van der Waals surface area contributed by atoms with E-state index < -0.39 is 10.0 Å². The van der Waals surface area contributed by atoms with Crippen LogP contribution in [0.25, 0.3) is 0 Å². The summed E-state index contributed by atoms with van der Waals surface area (Å²) in [6.45, 7) is 1.89. The van der Waals surface area contributed by atoms with Crippen LogP contribution in [-0.4, -0.2) is 14.6 Å². The molecule has 0 fully saturated rings. The normalized spacial score (nSPS) is 11.9. The van der Waals surface area contributed by atoms with Crippen LogP contribution in [0.4, 0.5) is 0 Å². The van der Waals surface area contributed by atoms with E-state index in [0.717, 1.165) is 5.56 Å². The van der Waals surface area contributed by atoms with Gasteiger partial charge in [-0.15, -0.1) is 0 Å². The molecule has 19 heavy (non-hydrogen) atoms. The van der Waals surface area contributed by atoms with Crippen LogP contribution in [0.2, 0.25) is 5.02 Å². The van der Waals surface area contributed by atoms with Crippen molar-refractivity contribution < 1.29 is 8.42 Å². The molecule has 2 aromatic carbocycles. The van der Waals surface area contributed by atoms with Gasteiger partial charge in [0.1, 0.15) is 0 Å². The van der Waals surface area contributed by atoms with Gasteiger partial charge < -0.3 is 0 Å². The van der Waals surface area contributed by atoms with Crippen LogP contribution in [0, 0.1) is 6.92 Å². The second-order valence-electron chi connectivity index (χ2n) is 4.04. The zero-order chi connectivity index (χ0) is 13.9. The molecule has 0 aliphatic rings. The van der Waals surface area contributed by atoms with Crippen molar-refractivity contribution in [1.82, 2.24) is 0 Å². The maximum atomic E-state index is 12.0. The molecule has 0 radical (unpaired) electrons. The summed E-state index contributed by atoms with van der Waals surface area (Å²) in [5.41, 5.74) is 1.56. The van der Waals surface area contributed by atoms with Crippen LogP contribution in [0.3, 0.4) is 0 Å². The maximum Gasteiger partial charge on any atom is 0.282 e. The smallest absolute Gasteiger partial charge is 0.199 e. The molecule has 0 atom stereocenters. The van der Waals surface area contributed by atoms with Gasteiger partial charge in [0.05, 0.1) is 4.90 Å². The lowest BCUT2D eigenvalue weighted by Crippen LogP contribution is -1.98. The van der Waals surface area contributed by atoms with Gasteiger partial charge in [-0.1, -0.05) is 47.5 Å². The molecule has 0 heterocycles. The average molecular weight is 294 g/mol. The van der Waals surface area contributed by atoms with Gasteiger partial charge in [0, 0.05) is 16.8 Å². The van der Waals surface area contributed by atoms with Gasteiger partial charge in [-0.3, -0.25) is 0 Å². The summed E-state index contributed by atoms with van der Waals surface area (Å²) in [6.07, 6.45) is 1.26. The molecule has 0 saturated carbocycles. The molecule has 0 spiro atoms. The Labute approximate surface area is 117 Å². The summed E-state index contributed by atoms with van der Waals surface area (Å²) >= 11 is 5.93. The van der Waals surface area contributed by atoms with Crippen LogP contribution in [0.15, 0.2) is 57.8 Å². The van der Waals surface area contributed by atoms with Gasteiger partial charge >= 0.3 is 0 Å². The molecule has 0 aliphatic carbocycles. The van der Waals surface area contributed by atoms with E-state index in [1.165, 1.54) is 18.3 Å². The van der Waals surface area contributed by atoms with Crippen molar-refractivity contribution in [2.24, 2.45) is 4.40 Å². The van der Waals surface area contributed by atoms with E-state index >= 15 is 0 Å². The summed E-state index contributed by atoms with van der Waals surface area (Å²) < 4.78 is 27.6.